The molecule has 0 spiro atoms. The van der Waals surface area contributed by atoms with E-state index in [2.05, 4.69) is 16.0 Å². The van der Waals surface area contributed by atoms with Crippen LogP contribution in [-0.4, -0.2) is 29.4 Å². The van der Waals surface area contributed by atoms with Crippen LogP contribution in [0.3, 0.4) is 0 Å². The third-order valence-electron chi connectivity index (χ3n) is 3.43. The lowest BCUT2D eigenvalue weighted by molar-refractivity contribution is -0.125. The normalized spacial score (nSPS) is 22.9. The summed E-state index contributed by atoms with van der Waals surface area (Å²) in [5.41, 5.74) is -0.181. The molecule has 1 saturated heterocycles. The molecule has 1 aliphatic heterocycles. The number of imide groups is 1. The maximum atomic E-state index is 12.0. The molecule has 0 aliphatic carbocycles. The predicted octanol–water partition coefficient (Wildman–Crippen LogP) is 0.332. The fourth-order valence-corrected chi connectivity index (χ4v) is 2.30. The molecule has 1 aromatic carbocycles. The summed E-state index contributed by atoms with van der Waals surface area (Å²) < 4.78 is 0. The van der Waals surface area contributed by atoms with E-state index in [1.165, 1.54) is 6.92 Å². The topological polar surface area (TPSA) is 87.3 Å². The third-order valence-corrected chi connectivity index (χ3v) is 3.43. The van der Waals surface area contributed by atoms with Crippen molar-refractivity contribution < 1.29 is 14.4 Å². The van der Waals surface area contributed by atoms with Crippen LogP contribution in [0.5, 0.6) is 0 Å². The Morgan fingerprint density at radius 1 is 1.30 bits per heavy atom. The van der Waals surface area contributed by atoms with E-state index in [9.17, 15) is 14.4 Å². The summed E-state index contributed by atoms with van der Waals surface area (Å²) in [6.45, 7) is 2.99. The van der Waals surface area contributed by atoms with Crippen molar-refractivity contribution in [3.05, 3.63) is 35.9 Å². The molecule has 1 aromatic rings. The highest BCUT2D eigenvalue weighted by Crippen LogP contribution is 2.19. The van der Waals surface area contributed by atoms with Crippen LogP contribution < -0.4 is 16.0 Å². The van der Waals surface area contributed by atoms with E-state index in [1.54, 1.807) is 6.92 Å². The first-order valence-electron chi connectivity index (χ1n) is 6.36. The summed E-state index contributed by atoms with van der Waals surface area (Å²) in [6.07, 6.45) is 0.449. The van der Waals surface area contributed by atoms with Gasteiger partial charge in [0.25, 0.3) is 5.91 Å². The molecule has 106 valence electrons. The molecule has 0 radical (unpaired) electrons. The zero-order chi connectivity index (χ0) is 14.8. The molecule has 2 atom stereocenters. The van der Waals surface area contributed by atoms with E-state index in [1.807, 2.05) is 30.3 Å². The van der Waals surface area contributed by atoms with E-state index in [0.29, 0.717) is 6.42 Å². The largest absolute Gasteiger partial charge is 0.350 e. The van der Waals surface area contributed by atoms with Crippen LogP contribution in [0.2, 0.25) is 0 Å². The number of nitrogens with one attached hydrogen (secondary N) is 3. The van der Waals surface area contributed by atoms with E-state index < -0.39 is 23.5 Å². The molecule has 2 rings (SSSR count). The first kappa shape index (κ1) is 14.0. The van der Waals surface area contributed by atoms with Gasteiger partial charge in [0.2, 0.25) is 5.91 Å². The highest BCUT2D eigenvalue weighted by Gasteiger charge is 2.48. The lowest BCUT2D eigenvalue weighted by atomic mass is 9.87. The number of urea groups is 1. The van der Waals surface area contributed by atoms with Crippen molar-refractivity contribution in [2.45, 2.75) is 31.8 Å². The van der Waals surface area contributed by atoms with Crippen molar-refractivity contribution in [1.82, 2.24) is 16.0 Å². The van der Waals surface area contributed by atoms with Gasteiger partial charge in [-0.05, 0) is 18.9 Å². The third kappa shape index (κ3) is 2.79. The van der Waals surface area contributed by atoms with Crippen LogP contribution in [0.4, 0.5) is 4.79 Å². The summed E-state index contributed by atoms with van der Waals surface area (Å²) in [4.78, 5) is 34.7. The maximum absolute atomic E-state index is 12.0. The predicted molar refractivity (Wildman–Crippen MR) is 72.8 cm³/mol. The Balaban J connectivity index is 2.26. The van der Waals surface area contributed by atoms with Crippen molar-refractivity contribution in [2.24, 2.45) is 0 Å². The second-order valence-electron chi connectivity index (χ2n) is 5.05. The van der Waals surface area contributed by atoms with Crippen LogP contribution in [0, 0.1) is 0 Å². The number of rotatable bonds is 4. The lowest BCUT2D eigenvalue weighted by Crippen LogP contribution is -2.61. The average molecular weight is 275 g/mol. The minimum absolute atomic E-state index is 0.249. The van der Waals surface area contributed by atoms with Crippen LogP contribution >= 0.6 is 0 Å². The zero-order valence-corrected chi connectivity index (χ0v) is 11.4. The molecule has 0 saturated carbocycles. The SMILES string of the molecule is CC(=O)NC(Cc1ccccc1)[C@]1(C)NC(=O)NC1=O. The lowest BCUT2D eigenvalue weighted by Gasteiger charge is -2.31. The number of amides is 4. The number of carbonyl (C=O) groups is 3. The summed E-state index contributed by atoms with van der Waals surface area (Å²) in [6, 6.07) is 8.42. The van der Waals surface area contributed by atoms with E-state index >= 15 is 0 Å². The van der Waals surface area contributed by atoms with E-state index in [4.69, 9.17) is 0 Å². The number of hydrogen-bond acceptors (Lipinski definition) is 3. The van der Waals surface area contributed by atoms with Crippen LogP contribution in [0.25, 0.3) is 0 Å². The van der Waals surface area contributed by atoms with Gasteiger partial charge in [0.1, 0.15) is 5.54 Å². The van der Waals surface area contributed by atoms with Crippen molar-refractivity contribution in [3.63, 3.8) is 0 Å². The Labute approximate surface area is 116 Å². The van der Waals surface area contributed by atoms with E-state index in [0.717, 1.165) is 5.56 Å². The summed E-state index contributed by atoms with van der Waals surface area (Å²) in [7, 11) is 0. The molecule has 1 aliphatic rings. The monoisotopic (exact) mass is 275 g/mol. The summed E-state index contributed by atoms with van der Waals surface area (Å²) >= 11 is 0. The fourth-order valence-electron chi connectivity index (χ4n) is 2.30. The van der Waals surface area contributed by atoms with Gasteiger partial charge in [-0.3, -0.25) is 14.9 Å². The van der Waals surface area contributed by atoms with Crippen molar-refractivity contribution in [2.75, 3.05) is 0 Å². The van der Waals surface area contributed by atoms with Crippen molar-refractivity contribution in [1.29, 1.82) is 0 Å². The Bertz CT molecular complexity index is 544. The second-order valence-corrected chi connectivity index (χ2v) is 5.05. The Hall–Kier alpha value is -2.37. The molecule has 6 heteroatoms. The highest BCUT2D eigenvalue weighted by molar-refractivity contribution is 6.07. The molecule has 4 amide bonds. The van der Waals surface area contributed by atoms with Gasteiger partial charge in [-0.25, -0.2) is 4.79 Å². The van der Waals surface area contributed by atoms with Gasteiger partial charge < -0.3 is 10.6 Å². The number of carbonyl (C=O) groups excluding carboxylic acids is 3. The van der Waals surface area contributed by atoms with Gasteiger partial charge in [0.15, 0.2) is 0 Å². The first-order chi connectivity index (χ1) is 9.41. The minimum Gasteiger partial charge on any atom is -0.350 e. The number of benzene rings is 1. The van der Waals surface area contributed by atoms with E-state index in [-0.39, 0.29) is 5.91 Å². The molecule has 20 heavy (non-hydrogen) atoms. The summed E-state index contributed by atoms with van der Waals surface area (Å²) in [5.74, 6) is -0.682. The van der Waals surface area contributed by atoms with Gasteiger partial charge in [-0.1, -0.05) is 30.3 Å². The van der Waals surface area contributed by atoms with Gasteiger partial charge in [-0.2, -0.15) is 0 Å². The van der Waals surface area contributed by atoms with Gasteiger partial charge in [0, 0.05) is 6.92 Å². The molecular formula is C14H17N3O3. The molecule has 0 bridgehead atoms. The van der Waals surface area contributed by atoms with Gasteiger partial charge in [0.05, 0.1) is 6.04 Å². The second kappa shape index (κ2) is 5.32. The zero-order valence-electron chi connectivity index (χ0n) is 11.4. The Kier molecular flexibility index (Phi) is 3.74. The molecule has 3 N–H and O–H groups in total. The highest BCUT2D eigenvalue weighted by atomic mass is 16.2. The van der Waals surface area contributed by atoms with Crippen LogP contribution in [-0.2, 0) is 16.0 Å². The molecular weight excluding hydrogens is 258 g/mol. The molecule has 1 heterocycles. The van der Waals surface area contributed by atoms with Gasteiger partial charge >= 0.3 is 6.03 Å². The van der Waals surface area contributed by atoms with Crippen LogP contribution in [0.1, 0.15) is 19.4 Å². The first-order valence-corrected chi connectivity index (χ1v) is 6.36. The average Bonchev–Trinajstić information content (AvgIpc) is 2.64. The smallest absolute Gasteiger partial charge is 0.322 e. The summed E-state index contributed by atoms with van der Waals surface area (Å²) in [5, 5.41) is 7.55. The fraction of sp³-hybridized carbons (Fsp3) is 0.357. The number of hydrogen-bond donors (Lipinski definition) is 3. The molecule has 0 aromatic heterocycles. The Morgan fingerprint density at radius 2 is 1.95 bits per heavy atom. The maximum Gasteiger partial charge on any atom is 0.322 e. The minimum atomic E-state index is -1.15. The molecule has 6 nitrogen and oxygen atoms in total. The quantitative estimate of drug-likeness (QED) is 0.692. The molecule has 1 fully saturated rings. The molecule has 1 unspecified atom stereocenters. The standard InChI is InChI=1S/C14H17N3O3/c1-9(18)15-11(8-10-6-4-3-5-7-10)14(2)12(19)16-13(20)17-14/h3-7,11H,8H2,1-2H3,(H,15,18)(H2,16,17,19,20)/t11?,14-/m0/s1. The van der Waals surface area contributed by atoms with Crippen molar-refractivity contribution >= 4 is 17.8 Å². The van der Waals surface area contributed by atoms with Gasteiger partial charge in [-0.15, -0.1) is 0 Å². The Morgan fingerprint density at radius 3 is 2.45 bits per heavy atom. The van der Waals surface area contributed by atoms with Crippen molar-refractivity contribution in [3.8, 4) is 0 Å². The van der Waals surface area contributed by atoms with Crippen LogP contribution in [0.15, 0.2) is 30.3 Å².